The van der Waals surface area contributed by atoms with Crippen molar-refractivity contribution in [1.29, 1.82) is 0 Å². The van der Waals surface area contributed by atoms with Crippen LogP contribution < -0.4 is 10.2 Å². The van der Waals surface area contributed by atoms with Gasteiger partial charge in [0, 0.05) is 36.7 Å². The number of nitrogens with zero attached hydrogens (tertiary/aromatic N) is 1. The minimum atomic E-state index is 0.536. The summed E-state index contributed by atoms with van der Waals surface area (Å²) in [5.41, 5.74) is 4.55. The van der Waals surface area contributed by atoms with E-state index in [1.165, 1.54) is 29.3 Å². The Hall–Kier alpha value is -2.32. The van der Waals surface area contributed by atoms with E-state index < -0.39 is 0 Å². The van der Waals surface area contributed by atoms with Gasteiger partial charge >= 0.3 is 0 Å². The van der Waals surface area contributed by atoms with Crippen LogP contribution in [0, 0.1) is 5.92 Å². The van der Waals surface area contributed by atoms with Gasteiger partial charge in [-0.1, -0.05) is 67.6 Å². The molecule has 2 aliphatic rings. The van der Waals surface area contributed by atoms with Crippen molar-refractivity contribution >= 4 is 16.5 Å². The van der Waals surface area contributed by atoms with Gasteiger partial charge < -0.3 is 10.2 Å². The van der Waals surface area contributed by atoms with Crippen molar-refractivity contribution in [2.45, 2.75) is 31.7 Å². The Morgan fingerprint density at radius 3 is 2.74 bits per heavy atom. The molecule has 1 N–H and O–H groups in total. The average Bonchev–Trinajstić information content (AvgIpc) is 3.17. The van der Waals surface area contributed by atoms with Crippen molar-refractivity contribution in [3.63, 3.8) is 0 Å². The fourth-order valence-electron chi connectivity index (χ4n) is 5.25. The van der Waals surface area contributed by atoms with E-state index in [1.807, 2.05) is 0 Å². The summed E-state index contributed by atoms with van der Waals surface area (Å²) in [4.78, 5) is 2.60. The summed E-state index contributed by atoms with van der Waals surface area (Å²) in [5, 5.41) is 6.54. The lowest BCUT2D eigenvalue weighted by atomic mass is 9.82. The predicted octanol–water partition coefficient (Wildman–Crippen LogP) is 4.98. The average molecular weight is 357 g/mol. The molecule has 2 nitrogen and oxygen atoms in total. The van der Waals surface area contributed by atoms with Crippen molar-refractivity contribution in [3.8, 4) is 0 Å². The van der Waals surface area contributed by atoms with Crippen LogP contribution in [0.1, 0.15) is 30.4 Å². The summed E-state index contributed by atoms with van der Waals surface area (Å²) in [6.07, 6.45) is 2.54. The third-order valence-electron chi connectivity index (χ3n) is 6.76. The second kappa shape index (κ2) is 7.01. The van der Waals surface area contributed by atoms with Gasteiger partial charge in [-0.05, 0) is 47.3 Å². The van der Waals surface area contributed by atoms with Crippen molar-refractivity contribution in [3.05, 3.63) is 77.9 Å². The second-order valence-electron chi connectivity index (χ2n) is 8.21. The van der Waals surface area contributed by atoms with Crippen LogP contribution in [0.3, 0.4) is 0 Å². The highest BCUT2D eigenvalue weighted by Crippen LogP contribution is 2.40. The molecular formula is C25H28N2. The zero-order valence-corrected chi connectivity index (χ0v) is 16.1. The van der Waals surface area contributed by atoms with Crippen molar-refractivity contribution < 1.29 is 0 Å². The molecule has 1 heterocycles. The summed E-state index contributed by atoms with van der Waals surface area (Å²) < 4.78 is 0. The number of anilines is 1. The van der Waals surface area contributed by atoms with Crippen LogP contribution >= 0.6 is 0 Å². The molecular weight excluding hydrogens is 328 g/mol. The second-order valence-corrected chi connectivity index (χ2v) is 8.21. The molecule has 3 unspecified atom stereocenters. The Labute approximate surface area is 162 Å². The summed E-state index contributed by atoms with van der Waals surface area (Å²) >= 11 is 0. The number of piperazine rings is 1. The first-order valence-corrected chi connectivity index (χ1v) is 10.3. The van der Waals surface area contributed by atoms with Crippen LogP contribution in [-0.4, -0.2) is 25.7 Å². The third-order valence-corrected chi connectivity index (χ3v) is 6.76. The van der Waals surface area contributed by atoms with Crippen molar-refractivity contribution in [1.82, 2.24) is 5.32 Å². The molecule has 0 spiro atoms. The number of rotatable bonds is 3. The Bertz CT molecular complexity index is 942. The quantitative estimate of drug-likeness (QED) is 0.712. The van der Waals surface area contributed by atoms with Crippen LogP contribution in [-0.2, 0) is 6.42 Å². The van der Waals surface area contributed by atoms with Crippen molar-refractivity contribution in [2.75, 3.05) is 24.5 Å². The summed E-state index contributed by atoms with van der Waals surface area (Å²) in [7, 11) is 0. The maximum absolute atomic E-state index is 3.83. The van der Waals surface area contributed by atoms with Crippen LogP contribution in [0.2, 0.25) is 0 Å². The Balaban J connectivity index is 1.40. The van der Waals surface area contributed by atoms with E-state index in [0.717, 1.165) is 19.6 Å². The van der Waals surface area contributed by atoms with Gasteiger partial charge in [0.05, 0.1) is 0 Å². The number of hydrogen-bond donors (Lipinski definition) is 1. The SMILES string of the molecule is CC(C1CN(c2cccc3ccccc23)CCN1)C1CCc2ccccc21. The fraction of sp³-hybridized carbons (Fsp3) is 0.360. The topological polar surface area (TPSA) is 15.3 Å². The first-order valence-electron chi connectivity index (χ1n) is 10.3. The van der Waals surface area contributed by atoms with Crippen LogP contribution in [0.15, 0.2) is 66.7 Å². The molecule has 1 aliphatic heterocycles. The van der Waals surface area contributed by atoms with Crippen LogP contribution in [0.5, 0.6) is 0 Å². The molecule has 3 aromatic carbocycles. The highest BCUT2D eigenvalue weighted by molar-refractivity contribution is 5.94. The van der Waals surface area contributed by atoms with Crippen LogP contribution in [0.4, 0.5) is 5.69 Å². The van der Waals surface area contributed by atoms with Gasteiger partial charge in [-0.3, -0.25) is 0 Å². The number of fused-ring (bicyclic) bond motifs is 2. The van der Waals surface area contributed by atoms with Gasteiger partial charge in [-0.25, -0.2) is 0 Å². The van der Waals surface area contributed by atoms with Gasteiger partial charge in [-0.15, -0.1) is 0 Å². The lowest BCUT2D eigenvalue weighted by Crippen LogP contribution is -2.54. The van der Waals surface area contributed by atoms with E-state index in [4.69, 9.17) is 0 Å². The van der Waals surface area contributed by atoms with E-state index in [1.54, 1.807) is 11.1 Å². The van der Waals surface area contributed by atoms with E-state index in [9.17, 15) is 0 Å². The van der Waals surface area contributed by atoms with Gasteiger partial charge in [0.25, 0.3) is 0 Å². The normalized spacial score (nSPS) is 23.4. The molecule has 5 rings (SSSR count). The van der Waals surface area contributed by atoms with E-state index in [0.29, 0.717) is 17.9 Å². The summed E-state index contributed by atoms with van der Waals surface area (Å²) in [6.45, 7) is 5.69. The standard InChI is InChI=1S/C25H28N2/c1-18(21-14-13-20-8-2-4-10-22(20)21)24-17-27(16-15-26-24)25-12-6-9-19-7-3-5-11-23(19)25/h2-12,18,21,24,26H,13-17H2,1H3. The minimum absolute atomic E-state index is 0.536. The van der Waals surface area contributed by atoms with Gasteiger partial charge in [0.15, 0.2) is 0 Å². The Morgan fingerprint density at radius 1 is 0.963 bits per heavy atom. The molecule has 3 aromatic rings. The molecule has 0 amide bonds. The van der Waals surface area contributed by atoms with E-state index in [2.05, 4.69) is 83.9 Å². The molecule has 2 heteroatoms. The highest BCUT2D eigenvalue weighted by Gasteiger charge is 2.34. The number of nitrogens with one attached hydrogen (secondary N) is 1. The largest absolute Gasteiger partial charge is 0.368 e. The molecule has 138 valence electrons. The zero-order valence-electron chi connectivity index (χ0n) is 16.1. The number of aryl methyl sites for hydroxylation is 1. The molecule has 0 radical (unpaired) electrons. The molecule has 27 heavy (non-hydrogen) atoms. The van der Waals surface area contributed by atoms with Gasteiger partial charge in [-0.2, -0.15) is 0 Å². The smallest absolute Gasteiger partial charge is 0.0446 e. The zero-order chi connectivity index (χ0) is 18.2. The Kier molecular flexibility index (Phi) is 4.37. The lowest BCUT2D eigenvalue weighted by molar-refractivity contribution is 0.304. The van der Waals surface area contributed by atoms with Crippen molar-refractivity contribution in [2.24, 2.45) is 5.92 Å². The minimum Gasteiger partial charge on any atom is -0.368 e. The number of hydrogen-bond acceptors (Lipinski definition) is 2. The van der Waals surface area contributed by atoms with Gasteiger partial charge in [0.1, 0.15) is 0 Å². The molecule has 1 saturated heterocycles. The maximum Gasteiger partial charge on any atom is 0.0446 e. The molecule has 0 saturated carbocycles. The molecule has 0 aromatic heterocycles. The fourth-order valence-corrected chi connectivity index (χ4v) is 5.25. The van der Waals surface area contributed by atoms with Crippen LogP contribution in [0.25, 0.3) is 10.8 Å². The third kappa shape index (κ3) is 3.02. The molecule has 1 aliphatic carbocycles. The summed E-state index contributed by atoms with van der Waals surface area (Å²) in [6, 6.07) is 25.1. The first kappa shape index (κ1) is 16.8. The Morgan fingerprint density at radius 2 is 1.78 bits per heavy atom. The first-order chi connectivity index (χ1) is 13.3. The molecule has 3 atom stereocenters. The van der Waals surface area contributed by atoms with E-state index in [-0.39, 0.29) is 0 Å². The van der Waals surface area contributed by atoms with E-state index >= 15 is 0 Å². The monoisotopic (exact) mass is 356 g/mol. The molecule has 0 bridgehead atoms. The highest BCUT2D eigenvalue weighted by atomic mass is 15.2. The maximum atomic E-state index is 3.83. The van der Waals surface area contributed by atoms with Gasteiger partial charge in [0.2, 0.25) is 0 Å². The predicted molar refractivity (Wildman–Crippen MR) is 115 cm³/mol. The molecule has 1 fully saturated rings. The summed E-state index contributed by atoms with van der Waals surface area (Å²) in [5.74, 6) is 1.33. The number of benzene rings is 3. The lowest BCUT2D eigenvalue weighted by Gasteiger charge is -2.40.